The van der Waals surface area contributed by atoms with Crippen molar-refractivity contribution in [3.8, 4) is 5.75 Å². The van der Waals surface area contributed by atoms with Crippen molar-refractivity contribution in [3.63, 3.8) is 0 Å². The van der Waals surface area contributed by atoms with Crippen molar-refractivity contribution in [2.75, 3.05) is 6.61 Å². The summed E-state index contributed by atoms with van der Waals surface area (Å²) in [4.78, 5) is 17.5. The van der Waals surface area contributed by atoms with Gasteiger partial charge in [-0.05, 0) is 74.4 Å². The molecule has 3 aromatic carbocycles. The van der Waals surface area contributed by atoms with E-state index in [0.29, 0.717) is 23.7 Å². The number of imidazole rings is 1. The molecule has 0 saturated heterocycles. The molecule has 0 spiro atoms. The maximum Gasteiger partial charge on any atom is 0.251 e. The van der Waals surface area contributed by atoms with E-state index in [4.69, 9.17) is 21.3 Å². The van der Waals surface area contributed by atoms with Gasteiger partial charge in [-0.1, -0.05) is 35.9 Å². The number of para-hydroxylation sites is 2. The Labute approximate surface area is 193 Å². The molecule has 164 valence electrons. The van der Waals surface area contributed by atoms with Crippen molar-refractivity contribution >= 4 is 28.5 Å². The number of halogens is 1. The second kappa shape index (κ2) is 9.45. The van der Waals surface area contributed by atoms with E-state index in [2.05, 4.69) is 35.9 Å². The summed E-state index contributed by atoms with van der Waals surface area (Å²) in [7, 11) is 0. The van der Waals surface area contributed by atoms with Crippen LogP contribution in [0.5, 0.6) is 5.75 Å². The van der Waals surface area contributed by atoms with Crippen LogP contribution in [0.15, 0.2) is 66.7 Å². The lowest BCUT2D eigenvalue weighted by Crippen LogP contribution is -2.29. The average Bonchev–Trinajstić information content (AvgIpc) is 3.15. The van der Waals surface area contributed by atoms with Crippen LogP contribution in [0.25, 0.3) is 11.0 Å². The zero-order valence-electron chi connectivity index (χ0n) is 18.4. The molecule has 1 aromatic heterocycles. The summed E-state index contributed by atoms with van der Waals surface area (Å²) in [5.41, 5.74) is 4.86. The van der Waals surface area contributed by atoms with Crippen LogP contribution in [0.2, 0.25) is 5.02 Å². The first-order valence-electron chi connectivity index (χ1n) is 10.6. The first kappa shape index (κ1) is 21.9. The molecule has 1 atom stereocenters. The summed E-state index contributed by atoms with van der Waals surface area (Å²) >= 11 is 6.04. The molecule has 1 unspecified atom stereocenters. The van der Waals surface area contributed by atoms with Crippen molar-refractivity contribution in [2.45, 2.75) is 33.4 Å². The Hall–Kier alpha value is -3.31. The Kier molecular flexibility index (Phi) is 6.47. The van der Waals surface area contributed by atoms with E-state index >= 15 is 0 Å². The third kappa shape index (κ3) is 4.78. The molecule has 5 nitrogen and oxygen atoms in total. The fourth-order valence-corrected chi connectivity index (χ4v) is 3.88. The van der Waals surface area contributed by atoms with E-state index in [-0.39, 0.29) is 11.9 Å². The smallest absolute Gasteiger partial charge is 0.251 e. The SMILES string of the molecule is Cc1ccc(OCCn2c(C(C)NC(=O)c3cccc(Cl)c3)nc3ccccc32)cc1C. The van der Waals surface area contributed by atoms with Crippen LogP contribution in [0.4, 0.5) is 0 Å². The zero-order valence-corrected chi connectivity index (χ0v) is 19.2. The summed E-state index contributed by atoms with van der Waals surface area (Å²) in [6, 6.07) is 20.7. The van der Waals surface area contributed by atoms with Crippen LogP contribution in [-0.2, 0) is 6.54 Å². The molecule has 0 aliphatic carbocycles. The quantitative estimate of drug-likeness (QED) is 0.385. The van der Waals surface area contributed by atoms with Gasteiger partial charge < -0.3 is 14.6 Å². The Morgan fingerprint density at radius 3 is 2.66 bits per heavy atom. The van der Waals surface area contributed by atoms with Gasteiger partial charge in [0.15, 0.2) is 0 Å². The van der Waals surface area contributed by atoms with E-state index in [1.165, 1.54) is 11.1 Å². The van der Waals surface area contributed by atoms with Gasteiger partial charge in [-0.3, -0.25) is 4.79 Å². The molecule has 32 heavy (non-hydrogen) atoms. The van der Waals surface area contributed by atoms with Crippen LogP contribution in [0.1, 0.15) is 40.3 Å². The number of nitrogens with zero attached hydrogens (tertiary/aromatic N) is 2. The van der Waals surface area contributed by atoms with E-state index in [0.717, 1.165) is 22.6 Å². The number of aromatic nitrogens is 2. The number of carbonyl (C=O) groups is 1. The molecule has 4 aromatic rings. The van der Waals surface area contributed by atoms with Crippen molar-refractivity contribution in [3.05, 3.63) is 94.3 Å². The van der Waals surface area contributed by atoms with Crippen LogP contribution in [0.3, 0.4) is 0 Å². The molecule has 1 heterocycles. The van der Waals surface area contributed by atoms with E-state index in [1.54, 1.807) is 24.3 Å². The Morgan fingerprint density at radius 2 is 1.88 bits per heavy atom. The average molecular weight is 448 g/mol. The molecular formula is C26H26ClN3O2. The highest BCUT2D eigenvalue weighted by Crippen LogP contribution is 2.22. The van der Waals surface area contributed by atoms with Gasteiger partial charge in [0.1, 0.15) is 18.2 Å². The van der Waals surface area contributed by atoms with Gasteiger partial charge in [0, 0.05) is 10.6 Å². The molecule has 0 saturated carbocycles. The standard InChI is InChI=1S/C26H26ClN3O2/c1-17-11-12-22(15-18(17)2)32-14-13-30-24-10-5-4-9-23(24)29-25(30)19(3)28-26(31)20-7-6-8-21(27)16-20/h4-12,15-16,19H,13-14H2,1-3H3,(H,28,31). The first-order valence-corrected chi connectivity index (χ1v) is 11.0. The number of nitrogens with one attached hydrogen (secondary N) is 1. The van der Waals surface area contributed by atoms with Gasteiger partial charge in [0.2, 0.25) is 0 Å². The second-order valence-electron chi connectivity index (χ2n) is 7.91. The molecule has 0 bridgehead atoms. The number of fused-ring (bicyclic) bond motifs is 1. The molecule has 1 amide bonds. The second-order valence-corrected chi connectivity index (χ2v) is 8.35. The lowest BCUT2D eigenvalue weighted by atomic mass is 10.1. The highest BCUT2D eigenvalue weighted by atomic mass is 35.5. The topological polar surface area (TPSA) is 56.1 Å². The summed E-state index contributed by atoms with van der Waals surface area (Å²) in [6.45, 7) is 7.20. The maximum absolute atomic E-state index is 12.7. The molecular weight excluding hydrogens is 422 g/mol. The largest absolute Gasteiger partial charge is 0.492 e. The molecule has 0 fully saturated rings. The van der Waals surface area contributed by atoms with Gasteiger partial charge in [0.25, 0.3) is 5.91 Å². The van der Waals surface area contributed by atoms with Crippen LogP contribution in [-0.4, -0.2) is 22.1 Å². The monoisotopic (exact) mass is 447 g/mol. The Bertz CT molecular complexity index is 1270. The predicted molar refractivity (Wildman–Crippen MR) is 128 cm³/mol. The van der Waals surface area contributed by atoms with Gasteiger partial charge in [-0.15, -0.1) is 0 Å². The Morgan fingerprint density at radius 1 is 1.06 bits per heavy atom. The van der Waals surface area contributed by atoms with Crippen LogP contribution >= 0.6 is 11.6 Å². The molecule has 4 rings (SSSR count). The Balaban J connectivity index is 1.54. The number of benzene rings is 3. The van der Waals surface area contributed by atoms with Gasteiger partial charge in [0.05, 0.1) is 23.6 Å². The highest BCUT2D eigenvalue weighted by Gasteiger charge is 2.19. The van der Waals surface area contributed by atoms with Gasteiger partial charge in [-0.25, -0.2) is 4.98 Å². The fraction of sp³-hybridized carbons (Fsp3) is 0.231. The number of carbonyl (C=O) groups excluding carboxylic acids is 1. The lowest BCUT2D eigenvalue weighted by Gasteiger charge is -2.17. The first-order chi connectivity index (χ1) is 15.4. The van der Waals surface area contributed by atoms with E-state index < -0.39 is 0 Å². The summed E-state index contributed by atoms with van der Waals surface area (Å²) in [6.07, 6.45) is 0. The number of hydrogen-bond acceptors (Lipinski definition) is 3. The number of hydrogen-bond donors (Lipinski definition) is 1. The summed E-state index contributed by atoms with van der Waals surface area (Å²) in [5.74, 6) is 1.44. The molecule has 0 aliphatic heterocycles. The van der Waals surface area contributed by atoms with Gasteiger partial charge in [-0.2, -0.15) is 0 Å². The van der Waals surface area contributed by atoms with Crippen LogP contribution < -0.4 is 10.1 Å². The van der Waals surface area contributed by atoms with Crippen molar-refractivity contribution < 1.29 is 9.53 Å². The molecule has 6 heteroatoms. The molecule has 0 radical (unpaired) electrons. The predicted octanol–water partition coefficient (Wildman–Crippen LogP) is 5.88. The minimum Gasteiger partial charge on any atom is -0.492 e. The minimum absolute atomic E-state index is 0.190. The van der Waals surface area contributed by atoms with E-state index in [1.807, 2.05) is 37.3 Å². The number of amides is 1. The van der Waals surface area contributed by atoms with Crippen molar-refractivity contribution in [2.24, 2.45) is 0 Å². The highest BCUT2D eigenvalue weighted by molar-refractivity contribution is 6.30. The number of aryl methyl sites for hydroxylation is 2. The maximum atomic E-state index is 12.7. The minimum atomic E-state index is -0.296. The van der Waals surface area contributed by atoms with Crippen molar-refractivity contribution in [1.82, 2.24) is 14.9 Å². The fourth-order valence-electron chi connectivity index (χ4n) is 3.69. The zero-order chi connectivity index (χ0) is 22.7. The molecule has 0 aliphatic rings. The summed E-state index contributed by atoms with van der Waals surface area (Å²) in [5, 5.41) is 3.57. The number of ether oxygens (including phenoxy) is 1. The van der Waals surface area contributed by atoms with Crippen LogP contribution in [0, 0.1) is 13.8 Å². The van der Waals surface area contributed by atoms with E-state index in [9.17, 15) is 4.79 Å². The van der Waals surface area contributed by atoms with Gasteiger partial charge >= 0.3 is 0 Å². The third-order valence-electron chi connectivity index (χ3n) is 5.57. The summed E-state index contributed by atoms with van der Waals surface area (Å²) < 4.78 is 8.12. The molecule has 1 N–H and O–H groups in total. The third-order valence-corrected chi connectivity index (χ3v) is 5.80. The van der Waals surface area contributed by atoms with Crippen molar-refractivity contribution in [1.29, 1.82) is 0 Å². The normalized spacial score (nSPS) is 12.0. The lowest BCUT2D eigenvalue weighted by molar-refractivity contribution is 0.0937. The number of rotatable bonds is 7.